The van der Waals surface area contributed by atoms with Crippen molar-refractivity contribution in [3.63, 3.8) is 0 Å². The monoisotopic (exact) mass is 272 g/mol. The summed E-state index contributed by atoms with van der Waals surface area (Å²) in [5.41, 5.74) is 11.1. The van der Waals surface area contributed by atoms with E-state index in [1.54, 1.807) is 6.07 Å². The third-order valence-corrected chi connectivity index (χ3v) is 3.53. The molecule has 0 heterocycles. The Balaban J connectivity index is 2.44. The van der Waals surface area contributed by atoms with Gasteiger partial charge in [-0.3, -0.25) is 0 Å². The number of aryl methyl sites for hydroxylation is 2. The van der Waals surface area contributed by atoms with E-state index < -0.39 is 0 Å². The standard InChI is InChI=1S/C17H21FN2/c1-12-4-6-16(13(2)10-12)20(3)17-7-5-15(18)11-14(17)8-9-19/h4-7,10-11H,8-9,19H2,1-3H3. The van der Waals surface area contributed by atoms with Crippen molar-refractivity contribution in [3.05, 3.63) is 58.9 Å². The molecule has 0 aliphatic rings. The largest absolute Gasteiger partial charge is 0.344 e. The van der Waals surface area contributed by atoms with E-state index in [0.29, 0.717) is 13.0 Å². The van der Waals surface area contributed by atoms with Crippen LogP contribution >= 0.6 is 0 Å². The highest BCUT2D eigenvalue weighted by atomic mass is 19.1. The highest BCUT2D eigenvalue weighted by molar-refractivity contribution is 5.68. The molecule has 2 rings (SSSR count). The number of halogens is 1. The highest BCUT2D eigenvalue weighted by Gasteiger charge is 2.12. The molecule has 0 atom stereocenters. The quantitative estimate of drug-likeness (QED) is 0.919. The van der Waals surface area contributed by atoms with Gasteiger partial charge in [-0.2, -0.15) is 0 Å². The molecule has 106 valence electrons. The van der Waals surface area contributed by atoms with Crippen molar-refractivity contribution in [1.29, 1.82) is 0 Å². The molecule has 0 unspecified atom stereocenters. The molecule has 0 bridgehead atoms. The summed E-state index contributed by atoms with van der Waals surface area (Å²) in [6.07, 6.45) is 0.669. The van der Waals surface area contributed by atoms with Crippen LogP contribution in [0.2, 0.25) is 0 Å². The lowest BCUT2D eigenvalue weighted by molar-refractivity contribution is 0.625. The van der Waals surface area contributed by atoms with E-state index in [9.17, 15) is 4.39 Å². The molecule has 0 saturated heterocycles. The summed E-state index contributed by atoms with van der Waals surface area (Å²) >= 11 is 0. The van der Waals surface area contributed by atoms with Crippen LogP contribution in [0.15, 0.2) is 36.4 Å². The van der Waals surface area contributed by atoms with E-state index >= 15 is 0 Å². The van der Waals surface area contributed by atoms with Crippen molar-refractivity contribution < 1.29 is 4.39 Å². The Kier molecular flexibility index (Phi) is 4.40. The van der Waals surface area contributed by atoms with E-state index in [1.807, 2.05) is 13.1 Å². The van der Waals surface area contributed by atoms with Gasteiger partial charge in [0.05, 0.1) is 0 Å². The SMILES string of the molecule is Cc1ccc(N(C)c2ccc(F)cc2CCN)c(C)c1. The van der Waals surface area contributed by atoms with Gasteiger partial charge in [0, 0.05) is 18.4 Å². The average Bonchev–Trinajstić information content (AvgIpc) is 2.38. The van der Waals surface area contributed by atoms with Crippen LogP contribution in [0.5, 0.6) is 0 Å². The molecular formula is C17H21FN2. The Labute approximate surface area is 120 Å². The van der Waals surface area contributed by atoms with E-state index in [1.165, 1.54) is 17.2 Å². The molecule has 0 aromatic heterocycles. The van der Waals surface area contributed by atoms with Crippen molar-refractivity contribution in [3.8, 4) is 0 Å². The van der Waals surface area contributed by atoms with Gasteiger partial charge < -0.3 is 10.6 Å². The van der Waals surface area contributed by atoms with Gasteiger partial charge in [0.2, 0.25) is 0 Å². The fraction of sp³-hybridized carbons (Fsp3) is 0.294. The molecule has 0 aliphatic carbocycles. The number of anilines is 2. The van der Waals surface area contributed by atoms with Gasteiger partial charge in [-0.15, -0.1) is 0 Å². The van der Waals surface area contributed by atoms with Crippen molar-refractivity contribution in [2.24, 2.45) is 5.73 Å². The predicted octanol–water partition coefficient (Wildman–Crippen LogP) is 3.71. The lowest BCUT2D eigenvalue weighted by Gasteiger charge is -2.24. The summed E-state index contributed by atoms with van der Waals surface area (Å²) in [5.74, 6) is -0.216. The Bertz CT molecular complexity index is 608. The molecule has 2 N–H and O–H groups in total. The third kappa shape index (κ3) is 2.99. The highest BCUT2D eigenvalue weighted by Crippen LogP contribution is 2.30. The lowest BCUT2D eigenvalue weighted by atomic mass is 10.1. The van der Waals surface area contributed by atoms with Gasteiger partial charge in [-0.1, -0.05) is 17.7 Å². The summed E-state index contributed by atoms with van der Waals surface area (Å²) in [7, 11) is 2.00. The molecule has 0 amide bonds. The summed E-state index contributed by atoms with van der Waals surface area (Å²) in [6.45, 7) is 4.68. The Morgan fingerprint density at radius 1 is 1.05 bits per heavy atom. The molecule has 0 spiro atoms. The van der Waals surface area contributed by atoms with E-state index in [-0.39, 0.29) is 5.82 Å². The second-order valence-electron chi connectivity index (χ2n) is 5.16. The molecule has 3 heteroatoms. The lowest BCUT2D eigenvalue weighted by Crippen LogP contribution is -2.15. The first-order valence-electron chi connectivity index (χ1n) is 6.82. The zero-order valence-electron chi connectivity index (χ0n) is 12.3. The molecule has 0 radical (unpaired) electrons. The van der Waals surface area contributed by atoms with Gasteiger partial charge in [-0.05, 0) is 62.2 Å². The molecule has 0 saturated carbocycles. The Hall–Kier alpha value is -1.87. The first-order valence-corrected chi connectivity index (χ1v) is 6.82. The second-order valence-corrected chi connectivity index (χ2v) is 5.16. The summed E-state index contributed by atoms with van der Waals surface area (Å²) in [5, 5.41) is 0. The number of nitrogens with zero attached hydrogens (tertiary/aromatic N) is 1. The van der Waals surface area contributed by atoms with E-state index in [0.717, 1.165) is 16.9 Å². The predicted molar refractivity (Wildman–Crippen MR) is 83.1 cm³/mol. The summed E-state index contributed by atoms with van der Waals surface area (Å²) < 4.78 is 13.4. The van der Waals surface area contributed by atoms with Gasteiger partial charge in [0.25, 0.3) is 0 Å². The summed E-state index contributed by atoms with van der Waals surface area (Å²) in [6, 6.07) is 11.2. The maximum absolute atomic E-state index is 13.4. The molecule has 2 aromatic rings. The number of benzene rings is 2. The second kappa shape index (κ2) is 6.06. The normalized spacial score (nSPS) is 10.7. The number of hydrogen-bond donors (Lipinski definition) is 1. The van der Waals surface area contributed by atoms with Crippen LogP contribution in [0, 0.1) is 19.7 Å². The average molecular weight is 272 g/mol. The molecule has 0 aliphatic heterocycles. The Morgan fingerprint density at radius 3 is 2.40 bits per heavy atom. The maximum Gasteiger partial charge on any atom is 0.123 e. The van der Waals surface area contributed by atoms with E-state index in [4.69, 9.17) is 5.73 Å². The van der Waals surface area contributed by atoms with Crippen molar-refractivity contribution >= 4 is 11.4 Å². The van der Waals surface area contributed by atoms with Crippen LogP contribution in [-0.2, 0) is 6.42 Å². The van der Waals surface area contributed by atoms with Gasteiger partial charge in [-0.25, -0.2) is 4.39 Å². The van der Waals surface area contributed by atoms with Gasteiger partial charge >= 0.3 is 0 Å². The van der Waals surface area contributed by atoms with Crippen LogP contribution < -0.4 is 10.6 Å². The zero-order valence-corrected chi connectivity index (χ0v) is 12.3. The molecule has 2 nitrogen and oxygen atoms in total. The number of hydrogen-bond acceptors (Lipinski definition) is 2. The van der Waals surface area contributed by atoms with Crippen LogP contribution in [-0.4, -0.2) is 13.6 Å². The molecule has 2 aromatic carbocycles. The summed E-state index contributed by atoms with van der Waals surface area (Å²) in [4.78, 5) is 2.10. The number of rotatable bonds is 4. The fourth-order valence-corrected chi connectivity index (χ4v) is 2.55. The molecule has 20 heavy (non-hydrogen) atoms. The molecule has 0 fully saturated rings. The number of nitrogens with two attached hydrogens (primary N) is 1. The first kappa shape index (κ1) is 14.5. The first-order chi connectivity index (χ1) is 9.52. The smallest absolute Gasteiger partial charge is 0.123 e. The fourth-order valence-electron chi connectivity index (χ4n) is 2.55. The minimum absolute atomic E-state index is 0.216. The van der Waals surface area contributed by atoms with Crippen LogP contribution in [0.3, 0.4) is 0 Å². The molecular weight excluding hydrogens is 251 g/mol. The van der Waals surface area contributed by atoms with Crippen molar-refractivity contribution in [2.75, 3.05) is 18.5 Å². The minimum Gasteiger partial charge on any atom is -0.344 e. The topological polar surface area (TPSA) is 29.3 Å². The zero-order chi connectivity index (χ0) is 14.7. The van der Waals surface area contributed by atoms with Gasteiger partial charge in [0.1, 0.15) is 5.82 Å². The van der Waals surface area contributed by atoms with Crippen molar-refractivity contribution in [1.82, 2.24) is 0 Å². The van der Waals surface area contributed by atoms with Crippen LogP contribution in [0.1, 0.15) is 16.7 Å². The van der Waals surface area contributed by atoms with E-state index in [2.05, 4.69) is 36.9 Å². The Morgan fingerprint density at radius 2 is 1.75 bits per heavy atom. The third-order valence-electron chi connectivity index (χ3n) is 3.53. The maximum atomic E-state index is 13.4. The van der Waals surface area contributed by atoms with Crippen molar-refractivity contribution in [2.45, 2.75) is 20.3 Å². The van der Waals surface area contributed by atoms with Crippen LogP contribution in [0.4, 0.5) is 15.8 Å². The minimum atomic E-state index is -0.216. The van der Waals surface area contributed by atoms with Gasteiger partial charge in [0.15, 0.2) is 0 Å². The van der Waals surface area contributed by atoms with Crippen LogP contribution in [0.25, 0.3) is 0 Å².